The Balaban J connectivity index is 2.43. The van der Waals surface area contributed by atoms with Crippen LogP contribution in [0.4, 0.5) is 5.69 Å². The molecule has 23 heavy (non-hydrogen) atoms. The first kappa shape index (κ1) is 17.5. The van der Waals surface area contributed by atoms with Crippen molar-refractivity contribution in [3.8, 4) is 5.75 Å². The molecule has 0 fully saturated rings. The second-order valence-corrected chi connectivity index (χ2v) is 6.98. The summed E-state index contributed by atoms with van der Waals surface area (Å²) < 4.78 is 5.91. The number of ketones is 1. The third-order valence-corrected chi connectivity index (χ3v) is 3.97. The lowest BCUT2D eigenvalue weighted by molar-refractivity contribution is -0.128. The number of carbonyl (C=O) groups excluding carboxylic acids is 2. The van der Waals surface area contributed by atoms with Crippen molar-refractivity contribution in [1.82, 2.24) is 0 Å². The van der Waals surface area contributed by atoms with Crippen LogP contribution >= 0.6 is 0 Å². The van der Waals surface area contributed by atoms with E-state index < -0.39 is 6.10 Å². The van der Waals surface area contributed by atoms with Crippen LogP contribution in [-0.2, 0) is 4.79 Å². The van der Waals surface area contributed by atoms with Crippen LogP contribution in [0.25, 0.3) is 0 Å². The van der Waals surface area contributed by atoms with Crippen molar-refractivity contribution in [2.75, 3.05) is 11.4 Å². The predicted molar refractivity (Wildman–Crippen MR) is 92.1 cm³/mol. The van der Waals surface area contributed by atoms with Gasteiger partial charge in [-0.25, -0.2) is 0 Å². The molecule has 0 aliphatic carbocycles. The van der Waals surface area contributed by atoms with E-state index in [-0.39, 0.29) is 17.6 Å². The van der Waals surface area contributed by atoms with E-state index in [0.29, 0.717) is 30.2 Å². The molecule has 0 saturated heterocycles. The molecule has 0 N–H and O–H groups in total. The highest BCUT2D eigenvalue weighted by Crippen LogP contribution is 2.37. The average Bonchev–Trinajstić information content (AvgIpc) is 2.49. The highest BCUT2D eigenvalue weighted by molar-refractivity contribution is 6.03. The lowest BCUT2D eigenvalue weighted by Gasteiger charge is -2.37. The first-order valence-electron chi connectivity index (χ1n) is 8.50. The maximum Gasteiger partial charge on any atom is 0.268 e. The normalized spacial score (nSPS) is 17.4. The lowest BCUT2D eigenvalue weighted by atomic mass is 10.00. The minimum atomic E-state index is -0.460. The third-order valence-electron chi connectivity index (χ3n) is 3.97. The van der Waals surface area contributed by atoms with Crippen LogP contribution in [0, 0.1) is 11.8 Å². The van der Waals surface area contributed by atoms with Crippen LogP contribution in [0.5, 0.6) is 5.75 Å². The number of anilines is 1. The van der Waals surface area contributed by atoms with Crippen molar-refractivity contribution in [3.63, 3.8) is 0 Å². The minimum absolute atomic E-state index is 0.0127. The maximum atomic E-state index is 12.8. The molecular formula is C19H27NO3. The number of rotatable bonds is 6. The molecule has 0 bridgehead atoms. The van der Waals surface area contributed by atoms with Gasteiger partial charge in [0.25, 0.3) is 5.91 Å². The van der Waals surface area contributed by atoms with Crippen LogP contribution in [0.15, 0.2) is 18.2 Å². The average molecular weight is 317 g/mol. The molecular weight excluding hydrogens is 290 g/mol. The van der Waals surface area contributed by atoms with Crippen molar-refractivity contribution in [1.29, 1.82) is 0 Å². The Hall–Kier alpha value is -1.84. The second-order valence-electron chi connectivity index (χ2n) is 6.98. The van der Waals surface area contributed by atoms with Gasteiger partial charge in [-0.3, -0.25) is 9.59 Å². The highest BCUT2D eigenvalue weighted by Gasteiger charge is 2.36. The van der Waals surface area contributed by atoms with E-state index in [1.54, 1.807) is 11.0 Å². The number of hydrogen-bond donors (Lipinski definition) is 0. The number of carbonyl (C=O) groups is 2. The Morgan fingerprint density at radius 1 is 1.26 bits per heavy atom. The minimum Gasteiger partial charge on any atom is -0.478 e. The monoisotopic (exact) mass is 317 g/mol. The largest absolute Gasteiger partial charge is 0.478 e. The summed E-state index contributed by atoms with van der Waals surface area (Å²) in [5.74, 6) is 1.23. The van der Waals surface area contributed by atoms with Gasteiger partial charge in [0.2, 0.25) is 0 Å². The van der Waals surface area contributed by atoms with Gasteiger partial charge >= 0.3 is 0 Å². The first-order chi connectivity index (χ1) is 10.8. The molecule has 2 rings (SSSR count). The van der Waals surface area contributed by atoms with Gasteiger partial charge in [-0.1, -0.05) is 34.6 Å². The van der Waals surface area contributed by atoms with Crippen molar-refractivity contribution in [3.05, 3.63) is 23.8 Å². The van der Waals surface area contributed by atoms with Gasteiger partial charge in [-0.2, -0.15) is 0 Å². The van der Waals surface area contributed by atoms with Crippen molar-refractivity contribution < 1.29 is 14.3 Å². The van der Waals surface area contributed by atoms with Crippen molar-refractivity contribution in [2.24, 2.45) is 11.8 Å². The molecule has 1 aliphatic heterocycles. The number of ether oxygens (including phenoxy) is 1. The van der Waals surface area contributed by atoms with Crippen LogP contribution in [0.3, 0.4) is 0 Å². The molecule has 126 valence electrons. The number of hydrogen-bond acceptors (Lipinski definition) is 3. The molecule has 0 saturated carbocycles. The molecule has 0 spiro atoms. The van der Waals surface area contributed by atoms with Gasteiger partial charge in [0.1, 0.15) is 5.75 Å². The second kappa shape index (κ2) is 7.16. The van der Waals surface area contributed by atoms with E-state index in [0.717, 1.165) is 12.1 Å². The fourth-order valence-electron chi connectivity index (χ4n) is 2.81. The Labute approximate surface area is 138 Å². The first-order valence-corrected chi connectivity index (χ1v) is 8.50. The maximum absolute atomic E-state index is 12.8. The van der Waals surface area contributed by atoms with Crippen molar-refractivity contribution in [2.45, 2.75) is 53.6 Å². The standard InChI is InChI=1S/C19H27NO3/c1-6-7-16(21)14-8-9-17-15(10-14)20(11-12(2)3)19(22)18(23-17)13(4)5/h8-10,12-13,18H,6-7,11H2,1-5H3. The SMILES string of the molecule is CCCC(=O)c1ccc2c(c1)N(CC(C)C)C(=O)C(C(C)C)O2. The smallest absolute Gasteiger partial charge is 0.268 e. The van der Waals surface area contributed by atoms with E-state index in [2.05, 4.69) is 13.8 Å². The zero-order valence-electron chi connectivity index (χ0n) is 14.8. The van der Waals surface area contributed by atoms with E-state index in [4.69, 9.17) is 4.74 Å². The summed E-state index contributed by atoms with van der Waals surface area (Å²) >= 11 is 0. The molecule has 0 radical (unpaired) electrons. The Morgan fingerprint density at radius 2 is 1.96 bits per heavy atom. The van der Waals surface area contributed by atoms with Gasteiger partial charge in [-0.05, 0) is 36.5 Å². The molecule has 4 heteroatoms. The van der Waals surface area contributed by atoms with E-state index in [9.17, 15) is 9.59 Å². The summed E-state index contributed by atoms with van der Waals surface area (Å²) in [6.45, 7) is 10.8. The summed E-state index contributed by atoms with van der Waals surface area (Å²) in [5.41, 5.74) is 1.38. The summed E-state index contributed by atoms with van der Waals surface area (Å²) in [6.07, 6.45) is 0.876. The van der Waals surface area contributed by atoms with E-state index >= 15 is 0 Å². The topological polar surface area (TPSA) is 46.6 Å². The summed E-state index contributed by atoms with van der Waals surface area (Å²) in [5, 5.41) is 0. The molecule has 1 heterocycles. The Bertz CT molecular complexity index is 592. The lowest BCUT2D eigenvalue weighted by Crippen LogP contribution is -2.49. The summed E-state index contributed by atoms with van der Waals surface area (Å²) in [4.78, 5) is 26.7. The molecule has 1 aromatic carbocycles. The molecule has 0 aromatic heterocycles. The molecule has 1 amide bonds. The molecule has 1 aliphatic rings. The fourth-order valence-corrected chi connectivity index (χ4v) is 2.81. The van der Waals surface area contributed by atoms with Crippen LogP contribution < -0.4 is 9.64 Å². The number of fused-ring (bicyclic) bond motifs is 1. The fraction of sp³-hybridized carbons (Fsp3) is 0.579. The van der Waals surface area contributed by atoms with Crippen LogP contribution in [-0.4, -0.2) is 24.3 Å². The quantitative estimate of drug-likeness (QED) is 0.743. The summed E-state index contributed by atoms with van der Waals surface area (Å²) in [6, 6.07) is 5.44. The number of amides is 1. The van der Waals surface area contributed by atoms with Crippen LogP contribution in [0.1, 0.15) is 57.8 Å². The number of Topliss-reactive ketones (excluding diaryl/α,β-unsaturated/α-hetero) is 1. The third kappa shape index (κ3) is 3.74. The number of nitrogens with zero attached hydrogens (tertiary/aromatic N) is 1. The van der Waals surface area contributed by atoms with Crippen molar-refractivity contribution >= 4 is 17.4 Å². The van der Waals surface area contributed by atoms with Crippen LogP contribution in [0.2, 0.25) is 0 Å². The molecule has 1 atom stereocenters. The molecule has 1 unspecified atom stereocenters. The van der Waals surface area contributed by atoms with E-state index in [1.807, 2.05) is 32.9 Å². The van der Waals surface area contributed by atoms with E-state index in [1.165, 1.54) is 0 Å². The van der Waals surface area contributed by atoms with Gasteiger partial charge in [-0.15, -0.1) is 0 Å². The molecule has 1 aromatic rings. The number of benzene rings is 1. The van der Waals surface area contributed by atoms with Gasteiger partial charge in [0.05, 0.1) is 5.69 Å². The Kier molecular flexibility index (Phi) is 5.45. The zero-order chi connectivity index (χ0) is 17.1. The highest BCUT2D eigenvalue weighted by atomic mass is 16.5. The zero-order valence-corrected chi connectivity index (χ0v) is 14.8. The van der Waals surface area contributed by atoms with Gasteiger partial charge in [0.15, 0.2) is 11.9 Å². The molecule has 4 nitrogen and oxygen atoms in total. The predicted octanol–water partition coefficient (Wildman–Crippen LogP) is 4.08. The Morgan fingerprint density at radius 3 is 2.52 bits per heavy atom. The van der Waals surface area contributed by atoms with Gasteiger partial charge < -0.3 is 9.64 Å². The summed E-state index contributed by atoms with van der Waals surface area (Å²) in [7, 11) is 0. The van der Waals surface area contributed by atoms with Gasteiger partial charge in [0, 0.05) is 18.5 Å².